The molecule has 1 aliphatic rings. The lowest BCUT2D eigenvalue weighted by molar-refractivity contribution is -0.133. The molecular formula is C16H24ClN3O. The van der Waals surface area contributed by atoms with E-state index >= 15 is 0 Å². The van der Waals surface area contributed by atoms with Crippen LogP contribution in [0.1, 0.15) is 12.5 Å². The predicted molar refractivity (Wildman–Crippen MR) is 86.7 cm³/mol. The third kappa shape index (κ3) is 4.99. The quantitative estimate of drug-likeness (QED) is 0.898. The van der Waals surface area contributed by atoms with Crippen LogP contribution in [-0.4, -0.2) is 61.5 Å². The van der Waals surface area contributed by atoms with Gasteiger partial charge in [-0.15, -0.1) is 0 Å². The van der Waals surface area contributed by atoms with Crippen LogP contribution in [0.5, 0.6) is 0 Å². The van der Waals surface area contributed by atoms with Crippen molar-refractivity contribution in [3.05, 3.63) is 34.9 Å². The molecule has 5 heteroatoms. The van der Waals surface area contributed by atoms with Crippen molar-refractivity contribution in [1.82, 2.24) is 15.1 Å². The number of benzene rings is 1. The van der Waals surface area contributed by atoms with Crippen LogP contribution in [0.15, 0.2) is 24.3 Å². The van der Waals surface area contributed by atoms with Gasteiger partial charge in [0.05, 0.1) is 6.54 Å². The Morgan fingerprint density at radius 3 is 2.57 bits per heavy atom. The molecule has 0 aromatic heterocycles. The molecule has 1 amide bonds. The molecule has 4 nitrogen and oxygen atoms in total. The van der Waals surface area contributed by atoms with Crippen molar-refractivity contribution in [3.8, 4) is 0 Å². The second kappa shape index (κ2) is 7.78. The van der Waals surface area contributed by atoms with Crippen molar-refractivity contribution in [2.75, 3.05) is 39.8 Å². The first-order valence-corrected chi connectivity index (χ1v) is 7.87. The van der Waals surface area contributed by atoms with E-state index in [4.69, 9.17) is 11.6 Å². The van der Waals surface area contributed by atoms with E-state index in [1.165, 1.54) is 5.56 Å². The van der Waals surface area contributed by atoms with Crippen molar-refractivity contribution in [2.24, 2.45) is 0 Å². The van der Waals surface area contributed by atoms with Crippen LogP contribution < -0.4 is 5.32 Å². The van der Waals surface area contributed by atoms with Gasteiger partial charge in [-0.1, -0.05) is 23.7 Å². The molecule has 116 valence electrons. The number of carbonyl (C=O) groups excluding carboxylic acids is 1. The SMILES string of the molecule is CC(Cc1ccc(Cl)cc1)N(C)CC(=O)N1CCNCC1. The Bertz CT molecular complexity index is 457. The summed E-state index contributed by atoms with van der Waals surface area (Å²) in [5.41, 5.74) is 1.24. The van der Waals surface area contributed by atoms with Crippen LogP contribution in [0.25, 0.3) is 0 Å². The summed E-state index contributed by atoms with van der Waals surface area (Å²) in [4.78, 5) is 16.3. The van der Waals surface area contributed by atoms with Gasteiger partial charge in [-0.3, -0.25) is 9.69 Å². The molecule has 2 rings (SSSR count). The van der Waals surface area contributed by atoms with E-state index < -0.39 is 0 Å². The third-order valence-corrected chi connectivity index (χ3v) is 4.30. The molecule has 1 aromatic rings. The molecule has 0 aliphatic carbocycles. The first-order valence-electron chi connectivity index (χ1n) is 7.49. The summed E-state index contributed by atoms with van der Waals surface area (Å²) in [7, 11) is 2.01. The summed E-state index contributed by atoms with van der Waals surface area (Å²) < 4.78 is 0. The van der Waals surface area contributed by atoms with E-state index in [2.05, 4.69) is 17.1 Å². The topological polar surface area (TPSA) is 35.6 Å². The largest absolute Gasteiger partial charge is 0.339 e. The minimum atomic E-state index is 0.224. The normalized spacial score (nSPS) is 17.0. The van der Waals surface area contributed by atoms with Gasteiger partial charge in [0.15, 0.2) is 0 Å². The van der Waals surface area contributed by atoms with Gasteiger partial charge in [0.1, 0.15) is 0 Å². The number of carbonyl (C=O) groups is 1. The van der Waals surface area contributed by atoms with Crippen LogP contribution in [0.4, 0.5) is 0 Å². The maximum atomic E-state index is 12.2. The molecule has 21 heavy (non-hydrogen) atoms. The number of nitrogens with zero attached hydrogens (tertiary/aromatic N) is 2. The summed E-state index contributed by atoms with van der Waals surface area (Å²) in [5, 5.41) is 4.02. The number of hydrogen-bond acceptors (Lipinski definition) is 3. The van der Waals surface area contributed by atoms with E-state index in [9.17, 15) is 4.79 Å². The standard InChI is InChI=1S/C16H24ClN3O/c1-13(11-14-3-5-15(17)6-4-14)19(2)12-16(21)20-9-7-18-8-10-20/h3-6,13,18H,7-12H2,1-2H3. The fourth-order valence-corrected chi connectivity index (χ4v) is 2.63. The molecule has 1 aliphatic heterocycles. The first-order chi connectivity index (χ1) is 10.1. The van der Waals surface area contributed by atoms with Crippen molar-refractivity contribution in [1.29, 1.82) is 0 Å². The van der Waals surface area contributed by atoms with Crippen molar-refractivity contribution < 1.29 is 4.79 Å². The number of hydrogen-bond donors (Lipinski definition) is 1. The second-order valence-corrected chi connectivity index (χ2v) is 6.16. The van der Waals surface area contributed by atoms with Gasteiger partial charge < -0.3 is 10.2 Å². The zero-order valence-electron chi connectivity index (χ0n) is 12.8. The summed E-state index contributed by atoms with van der Waals surface area (Å²) in [5.74, 6) is 0.224. The fraction of sp³-hybridized carbons (Fsp3) is 0.562. The lowest BCUT2D eigenvalue weighted by Gasteiger charge is -2.31. The highest BCUT2D eigenvalue weighted by atomic mass is 35.5. The number of rotatable bonds is 5. The van der Waals surface area contributed by atoms with Crippen molar-refractivity contribution in [3.63, 3.8) is 0 Å². The van der Waals surface area contributed by atoms with Gasteiger partial charge >= 0.3 is 0 Å². The minimum absolute atomic E-state index is 0.224. The van der Waals surface area contributed by atoms with Gasteiger partial charge in [-0.25, -0.2) is 0 Å². The third-order valence-electron chi connectivity index (χ3n) is 4.05. The summed E-state index contributed by atoms with van der Waals surface area (Å²) in [6, 6.07) is 8.23. The van der Waals surface area contributed by atoms with E-state index in [0.29, 0.717) is 12.6 Å². The average molecular weight is 310 g/mol. The molecule has 1 atom stereocenters. The number of piperazine rings is 1. The molecule has 1 unspecified atom stereocenters. The fourth-order valence-electron chi connectivity index (χ4n) is 2.50. The molecule has 1 aromatic carbocycles. The minimum Gasteiger partial charge on any atom is -0.339 e. The van der Waals surface area contributed by atoms with E-state index in [0.717, 1.165) is 37.6 Å². The second-order valence-electron chi connectivity index (χ2n) is 5.73. The van der Waals surface area contributed by atoms with Crippen molar-refractivity contribution in [2.45, 2.75) is 19.4 Å². The summed E-state index contributed by atoms with van der Waals surface area (Å²) >= 11 is 5.90. The highest BCUT2D eigenvalue weighted by Crippen LogP contribution is 2.13. The molecule has 1 N–H and O–H groups in total. The molecular weight excluding hydrogens is 286 g/mol. The van der Waals surface area contributed by atoms with Gasteiger partial charge in [0.2, 0.25) is 5.91 Å². The molecule has 1 heterocycles. The zero-order chi connectivity index (χ0) is 15.2. The van der Waals surface area contributed by atoms with Crippen LogP contribution in [0.2, 0.25) is 5.02 Å². The van der Waals surface area contributed by atoms with Crippen LogP contribution >= 0.6 is 11.6 Å². The molecule has 0 bridgehead atoms. The van der Waals surface area contributed by atoms with E-state index in [-0.39, 0.29) is 5.91 Å². The molecule has 1 fully saturated rings. The number of nitrogens with one attached hydrogen (secondary N) is 1. The Morgan fingerprint density at radius 2 is 1.95 bits per heavy atom. The van der Waals surface area contributed by atoms with Gasteiger partial charge in [-0.05, 0) is 38.1 Å². The summed E-state index contributed by atoms with van der Waals surface area (Å²) in [6.45, 7) is 6.07. The summed E-state index contributed by atoms with van der Waals surface area (Å²) in [6.07, 6.45) is 0.919. The molecule has 0 saturated carbocycles. The predicted octanol–water partition coefficient (Wildman–Crippen LogP) is 1.63. The highest BCUT2D eigenvalue weighted by molar-refractivity contribution is 6.30. The molecule has 0 radical (unpaired) electrons. The number of amides is 1. The monoisotopic (exact) mass is 309 g/mol. The van der Waals surface area contributed by atoms with E-state index in [1.807, 2.05) is 36.2 Å². The van der Waals surface area contributed by atoms with Crippen LogP contribution in [-0.2, 0) is 11.2 Å². The lowest BCUT2D eigenvalue weighted by Crippen LogP contribution is -2.50. The Morgan fingerprint density at radius 1 is 1.33 bits per heavy atom. The highest BCUT2D eigenvalue weighted by Gasteiger charge is 2.19. The Balaban J connectivity index is 1.82. The van der Waals surface area contributed by atoms with Crippen molar-refractivity contribution >= 4 is 17.5 Å². The average Bonchev–Trinajstić information content (AvgIpc) is 2.50. The number of likely N-dealkylation sites (N-methyl/N-ethyl adjacent to an activating group) is 1. The van der Waals surface area contributed by atoms with Gasteiger partial charge in [-0.2, -0.15) is 0 Å². The maximum Gasteiger partial charge on any atom is 0.236 e. The van der Waals surface area contributed by atoms with Gasteiger partial charge in [0.25, 0.3) is 0 Å². The molecule has 0 spiro atoms. The Hall–Kier alpha value is -1.10. The zero-order valence-corrected chi connectivity index (χ0v) is 13.6. The maximum absolute atomic E-state index is 12.2. The Labute approximate surface area is 132 Å². The molecule has 1 saturated heterocycles. The van der Waals surface area contributed by atoms with Crippen LogP contribution in [0, 0.1) is 0 Å². The van der Waals surface area contributed by atoms with Gasteiger partial charge in [0, 0.05) is 37.2 Å². The first kappa shape index (κ1) is 16.3. The number of halogens is 1. The van der Waals surface area contributed by atoms with Crippen LogP contribution in [0.3, 0.4) is 0 Å². The smallest absolute Gasteiger partial charge is 0.236 e. The lowest BCUT2D eigenvalue weighted by atomic mass is 10.1. The Kier molecular flexibility index (Phi) is 6.03. The van der Waals surface area contributed by atoms with E-state index in [1.54, 1.807) is 0 Å².